The van der Waals surface area contributed by atoms with E-state index in [-0.39, 0.29) is 24.3 Å². The molecule has 5 rings (SSSR count). The van der Waals surface area contributed by atoms with Gasteiger partial charge in [0.05, 0.1) is 5.75 Å². The van der Waals surface area contributed by atoms with Crippen molar-refractivity contribution >= 4 is 17.7 Å². The van der Waals surface area contributed by atoms with Crippen molar-refractivity contribution in [3.8, 4) is 28.6 Å². The van der Waals surface area contributed by atoms with E-state index < -0.39 is 0 Å². The first-order chi connectivity index (χ1) is 16.2. The number of hydrogen-bond donors (Lipinski definition) is 1. The fraction of sp³-hybridized carbons (Fsp3) is 0.125. The molecule has 1 aromatic heterocycles. The molecule has 0 bridgehead atoms. The van der Waals surface area contributed by atoms with Crippen LogP contribution in [0.5, 0.6) is 11.5 Å². The SMILES string of the molecule is O=C(CSc1nnc(-c2ccc3c(c2)OCO3)n1-c1ccccc1)NCc1ccc(F)cc1. The summed E-state index contributed by atoms with van der Waals surface area (Å²) in [5.41, 5.74) is 2.53. The molecule has 1 aliphatic heterocycles. The molecule has 0 fully saturated rings. The Morgan fingerprint density at radius 2 is 1.79 bits per heavy atom. The number of benzene rings is 3. The molecular weight excluding hydrogens is 443 g/mol. The molecule has 0 spiro atoms. The molecular formula is C24H19FN4O3S. The zero-order chi connectivity index (χ0) is 22.6. The molecule has 1 amide bonds. The third kappa shape index (κ3) is 4.68. The fourth-order valence-electron chi connectivity index (χ4n) is 3.38. The molecule has 1 aliphatic rings. The van der Waals surface area contributed by atoms with Crippen molar-refractivity contribution in [1.82, 2.24) is 20.1 Å². The van der Waals surface area contributed by atoms with E-state index in [1.165, 1.54) is 23.9 Å². The second-order valence-electron chi connectivity index (χ2n) is 7.24. The Kier molecular flexibility index (Phi) is 5.95. The maximum Gasteiger partial charge on any atom is 0.231 e. The summed E-state index contributed by atoms with van der Waals surface area (Å²) < 4.78 is 25.9. The Morgan fingerprint density at radius 3 is 2.61 bits per heavy atom. The van der Waals surface area contributed by atoms with Crippen molar-refractivity contribution in [2.24, 2.45) is 0 Å². The van der Waals surface area contributed by atoms with Gasteiger partial charge in [-0.05, 0) is 48.0 Å². The smallest absolute Gasteiger partial charge is 0.231 e. The van der Waals surface area contributed by atoms with E-state index in [0.717, 1.165) is 16.8 Å². The molecule has 0 aliphatic carbocycles. The predicted octanol–water partition coefficient (Wildman–Crippen LogP) is 4.21. The van der Waals surface area contributed by atoms with Crippen LogP contribution in [0.3, 0.4) is 0 Å². The van der Waals surface area contributed by atoms with Crippen LogP contribution in [-0.4, -0.2) is 33.2 Å². The Morgan fingerprint density at radius 1 is 1.00 bits per heavy atom. The Bertz CT molecular complexity index is 1280. The van der Waals surface area contributed by atoms with Gasteiger partial charge in [-0.25, -0.2) is 4.39 Å². The number of carbonyl (C=O) groups excluding carboxylic acids is 1. The van der Waals surface area contributed by atoms with Crippen LogP contribution in [0.25, 0.3) is 17.1 Å². The number of aromatic nitrogens is 3. The normalized spacial score (nSPS) is 12.0. The lowest BCUT2D eigenvalue weighted by Gasteiger charge is -2.11. The van der Waals surface area contributed by atoms with Gasteiger partial charge in [0, 0.05) is 17.8 Å². The van der Waals surface area contributed by atoms with Gasteiger partial charge in [-0.3, -0.25) is 9.36 Å². The average Bonchev–Trinajstić information content (AvgIpc) is 3.49. The lowest BCUT2D eigenvalue weighted by Crippen LogP contribution is -2.24. The molecule has 0 saturated carbocycles. The number of fused-ring (bicyclic) bond motifs is 1. The van der Waals surface area contributed by atoms with Gasteiger partial charge in [0.25, 0.3) is 0 Å². The lowest BCUT2D eigenvalue weighted by molar-refractivity contribution is -0.118. The number of rotatable bonds is 7. The van der Waals surface area contributed by atoms with Crippen LogP contribution in [0.2, 0.25) is 0 Å². The van der Waals surface area contributed by atoms with Crippen LogP contribution >= 0.6 is 11.8 Å². The largest absolute Gasteiger partial charge is 0.454 e. The van der Waals surface area contributed by atoms with Crippen LogP contribution in [-0.2, 0) is 11.3 Å². The number of ether oxygens (including phenoxy) is 2. The number of halogens is 1. The van der Waals surface area contributed by atoms with E-state index >= 15 is 0 Å². The van der Waals surface area contributed by atoms with Crippen LogP contribution in [0.1, 0.15) is 5.56 Å². The summed E-state index contributed by atoms with van der Waals surface area (Å²) in [7, 11) is 0. The topological polar surface area (TPSA) is 78.3 Å². The molecule has 7 nitrogen and oxygen atoms in total. The van der Waals surface area contributed by atoms with Crippen molar-refractivity contribution in [2.45, 2.75) is 11.7 Å². The van der Waals surface area contributed by atoms with Gasteiger partial charge < -0.3 is 14.8 Å². The Labute approximate surface area is 193 Å². The van der Waals surface area contributed by atoms with Gasteiger partial charge in [0.15, 0.2) is 22.5 Å². The predicted molar refractivity (Wildman–Crippen MR) is 122 cm³/mol. The first kappa shape index (κ1) is 21.0. The second kappa shape index (κ2) is 9.33. The van der Waals surface area contributed by atoms with E-state index in [1.807, 2.05) is 53.1 Å². The molecule has 0 saturated heterocycles. The van der Waals surface area contributed by atoms with E-state index in [9.17, 15) is 9.18 Å². The number of para-hydroxylation sites is 1. The summed E-state index contributed by atoms with van der Waals surface area (Å²) >= 11 is 1.29. The number of amides is 1. The second-order valence-corrected chi connectivity index (χ2v) is 8.18. The third-order valence-corrected chi connectivity index (χ3v) is 5.94. The summed E-state index contributed by atoms with van der Waals surface area (Å²) in [5, 5.41) is 12.2. The van der Waals surface area contributed by atoms with Gasteiger partial charge in [0.2, 0.25) is 12.7 Å². The van der Waals surface area contributed by atoms with Crippen LogP contribution in [0.15, 0.2) is 78.0 Å². The molecule has 33 heavy (non-hydrogen) atoms. The minimum atomic E-state index is -0.306. The summed E-state index contributed by atoms with van der Waals surface area (Å²) in [6, 6.07) is 21.4. The summed E-state index contributed by atoms with van der Waals surface area (Å²) in [5.74, 6) is 1.68. The van der Waals surface area contributed by atoms with Crippen molar-refractivity contribution in [3.05, 3.63) is 84.2 Å². The molecule has 0 atom stereocenters. The lowest BCUT2D eigenvalue weighted by atomic mass is 10.2. The first-order valence-electron chi connectivity index (χ1n) is 10.2. The van der Waals surface area contributed by atoms with Gasteiger partial charge in [0.1, 0.15) is 5.82 Å². The monoisotopic (exact) mass is 462 g/mol. The minimum Gasteiger partial charge on any atom is -0.454 e. The molecule has 2 heterocycles. The Balaban J connectivity index is 1.35. The number of carbonyl (C=O) groups is 1. The number of thioether (sulfide) groups is 1. The van der Waals surface area contributed by atoms with Gasteiger partial charge >= 0.3 is 0 Å². The highest BCUT2D eigenvalue weighted by Crippen LogP contribution is 2.37. The van der Waals surface area contributed by atoms with Crippen LogP contribution < -0.4 is 14.8 Å². The average molecular weight is 463 g/mol. The van der Waals surface area contributed by atoms with Crippen LogP contribution in [0, 0.1) is 5.82 Å². The fourth-order valence-corrected chi connectivity index (χ4v) is 4.16. The Hall–Kier alpha value is -3.85. The molecule has 3 aromatic carbocycles. The molecule has 0 unspecified atom stereocenters. The molecule has 1 N–H and O–H groups in total. The van der Waals surface area contributed by atoms with Gasteiger partial charge in [-0.15, -0.1) is 10.2 Å². The third-order valence-electron chi connectivity index (χ3n) is 5.01. The maximum atomic E-state index is 13.0. The zero-order valence-corrected chi connectivity index (χ0v) is 18.2. The molecule has 0 radical (unpaired) electrons. The van der Waals surface area contributed by atoms with Crippen molar-refractivity contribution < 1.29 is 18.7 Å². The van der Waals surface area contributed by atoms with E-state index in [0.29, 0.717) is 29.0 Å². The minimum absolute atomic E-state index is 0.156. The van der Waals surface area contributed by atoms with Crippen molar-refractivity contribution in [2.75, 3.05) is 12.5 Å². The summed E-state index contributed by atoms with van der Waals surface area (Å²) in [6.45, 7) is 0.520. The van der Waals surface area contributed by atoms with Crippen molar-refractivity contribution in [3.63, 3.8) is 0 Å². The quantitative estimate of drug-likeness (QED) is 0.415. The first-order valence-corrected chi connectivity index (χ1v) is 11.2. The van der Waals surface area contributed by atoms with E-state index in [2.05, 4.69) is 15.5 Å². The number of nitrogens with one attached hydrogen (secondary N) is 1. The molecule has 9 heteroatoms. The molecule has 4 aromatic rings. The van der Waals surface area contributed by atoms with Gasteiger partial charge in [-0.1, -0.05) is 42.1 Å². The number of hydrogen-bond acceptors (Lipinski definition) is 6. The highest BCUT2D eigenvalue weighted by atomic mass is 32.2. The van der Waals surface area contributed by atoms with Crippen molar-refractivity contribution in [1.29, 1.82) is 0 Å². The highest BCUT2D eigenvalue weighted by Gasteiger charge is 2.20. The summed E-state index contributed by atoms with van der Waals surface area (Å²) in [4.78, 5) is 12.4. The zero-order valence-electron chi connectivity index (χ0n) is 17.4. The highest BCUT2D eigenvalue weighted by molar-refractivity contribution is 7.99. The maximum absolute atomic E-state index is 13.0. The number of nitrogens with zero attached hydrogens (tertiary/aromatic N) is 3. The van der Waals surface area contributed by atoms with Gasteiger partial charge in [-0.2, -0.15) is 0 Å². The standard InChI is InChI=1S/C24H19FN4O3S/c25-18-9-6-16(7-10-18)13-26-22(30)14-33-24-28-27-23(29(24)19-4-2-1-3-5-19)17-8-11-20-21(12-17)32-15-31-20/h1-12H,13-15H2,(H,26,30). The molecule has 166 valence electrons. The van der Waals surface area contributed by atoms with E-state index in [1.54, 1.807) is 12.1 Å². The van der Waals surface area contributed by atoms with E-state index in [4.69, 9.17) is 9.47 Å². The summed E-state index contributed by atoms with van der Waals surface area (Å²) in [6.07, 6.45) is 0. The van der Waals surface area contributed by atoms with Crippen LogP contribution in [0.4, 0.5) is 4.39 Å².